The number of carbonyl (C=O) groups excluding carboxylic acids is 1. The second kappa shape index (κ2) is 6.95. The second-order valence-corrected chi connectivity index (χ2v) is 6.05. The zero-order chi connectivity index (χ0) is 18.8. The van der Waals surface area contributed by atoms with E-state index in [0.717, 1.165) is 11.1 Å². The molecule has 0 aliphatic carbocycles. The predicted molar refractivity (Wildman–Crippen MR) is 102 cm³/mol. The Morgan fingerprint density at radius 1 is 1.22 bits per heavy atom. The molecule has 0 unspecified atom stereocenters. The van der Waals surface area contributed by atoms with Crippen molar-refractivity contribution in [2.24, 2.45) is 0 Å². The molecule has 7 heteroatoms. The van der Waals surface area contributed by atoms with Crippen LogP contribution in [0.2, 0.25) is 0 Å². The number of methoxy groups -OCH3 is 1. The van der Waals surface area contributed by atoms with Gasteiger partial charge in [-0.25, -0.2) is 4.98 Å². The average Bonchev–Trinajstić information content (AvgIpc) is 2.73. The predicted octanol–water partition coefficient (Wildman–Crippen LogP) is 2.77. The van der Waals surface area contributed by atoms with Crippen LogP contribution in [0.3, 0.4) is 0 Å². The molecule has 0 spiro atoms. The summed E-state index contributed by atoms with van der Waals surface area (Å²) in [4.78, 5) is 22.9. The van der Waals surface area contributed by atoms with Gasteiger partial charge in [0.2, 0.25) is 5.88 Å². The number of amides is 1. The standard InChI is InChI=1S/C20H18N4O3/c1-26-19-16(21)9-15(12-23-19)13-4-5-18-17(10-13)24(7-8-27-18)20(25)14-3-2-6-22-11-14/h2-6,9-12H,7-8,21H2,1H3. The van der Waals surface area contributed by atoms with Crippen molar-refractivity contribution in [3.63, 3.8) is 0 Å². The first-order valence-electron chi connectivity index (χ1n) is 8.46. The van der Waals surface area contributed by atoms with E-state index in [1.54, 1.807) is 41.7 Å². The minimum atomic E-state index is -0.114. The Morgan fingerprint density at radius 3 is 2.85 bits per heavy atom. The number of nitrogen functional groups attached to an aromatic ring is 1. The summed E-state index contributed by atoms with van der Waals surface area (Å²) in [5.74, 6) is 0.933. The summed E-state index contributed by atoms with van der Waals surface area (Å²) in [7, 11) is 1.52. The van der Waals surface area contributed by atoms with Crippen LogP contribution < -0.4 is 20.1 Å². The summed E-state index contributed by atoms with van der Waals surface area (Å²) in [6, 6.07) is 11.0. The number of pyridine rings is 2. The fraction of sp³-hybridized carbons (Fsp3) is 0.150. The van der Waals surface area contributed by atoms with E-state index < -0.39 is 0 Å². The van der Waals surface area contributed by atoms with Gasteiger partial charge in [0.05, 0.1) is 30.6 Å². The highest BCUT2D eigenvalue weighted by Gasteiger charge is 2.25. The van der Waals surface area contributed by atoms with Gasteiger partial charge in [-0.3, -0.25) is 9.78 Å². The second-order valence-electron chi connectivity index (χ2n) is 6.05. The molecule has 4 rings (SSSR count). The first kappa shape index (κ1) is 16.8. The van der Waals surface area contributed by atoms with Crippen molar-refractivity contribution in [1.29, 1.82) is 0 Å². The third kappa shape index (κ3) is 3.15. The van der Waals surface area contributed by atoms with Crippen LogP contribution in [0.15, 0.2) is 55.0 Å². The maximum absolute atomic E-state index is 12.9. The molecule has 2 aromatic heterocycles. The van der Waals surface area contributed by atoms with Crippen molar-refractivity contribution in [3.8, 4) is 22.8 Å². The summed E-state index contributed by atoms with van der Waals surface area (Å²) >= 11 is 0. The lowest BCUT2D eigenvalue weighted by molar-refractivity contribution is 0.0976. The first-order valence-corrected chi connectivity index (χ1v) is 8.46. The van der Waals surface area contributed by atoms with Crippen LogP contribution in [-0.2, 0) is 0 Å². The van der Waals surface area contributed by atoms with Crippen LogP contribution in [0.25, 0.3) is 11.1 Å². The van der Waals surface area contributed by atoms with Gasteiger partial charge in [-0.2, -0.15) is 0 Å². The van der Waals surface area contributed by atoms with Gasteiger partial charge in [-0.05, 0) is 35.9 Å². The number of hydrogen-bond acceptors (Lipinski definition) is 6. The van der Waals surface area contributed by atoms with E-state index in [1.807, 2.05) is 18.2 Å². The van der Waals surface area contributed by atoms with Crippen LogP contribution in [-0.4, -0.2) is 36.1 Å². The number of ether oxygens (including phenoxy) is 2. The number of rotatable bonds is 3. The lowest BCUT2D eigenvalue weighted by Gasteiger charge is -2.30. The summed E-state index contributed by atoms with van der Waals surface area (Å²) in [6.45, 7) is 0.905. The lowest BCUT2D eigenvalue weighted by atomic mass is 10.0. The van der Waals surface area contributed by atoms with Gasteiger partial charge in [0, 0.05) is 24.2 Å². The third-order valence-corrected chi connectivity index (χ3v) is 4.38. The van der Waals surface area contributed by atoms with Crippen LogP contribution in [0.1, 0.15) is 10.4 Å². The Kier molecular flexibility index (Phi) is 4.33. The van der Waals surface area contributed by atoms with Gasteiger partial charge in [0.1, 0.15) is 12.4 Å². The van der Waals surface area contributed by atoms with Crippen molar-refractivity contribution >= 4 is 17.3 Å². The summed E-state index contributed by atoms with van der Waals surface area (Å²) in [5, 5.41) is 0. The molecule has 0 fully saturated rings. The quantitative estimate of drug-likeness (QED) is 0.770. The molecule has 1 aliphatic rings. The molecule has 1 aromatic carbocycles. The SMILES string of the molecule is COc1ncc(-c2ccc3c(c2)N(C(=O)c2cccnc2)CCO3)cc1N. The van der Waals surface area contributed by atoms with Gasteiger partial charge >= 0.3 is 0 Å². The summed E-state index contributed by atoms with van der Waals surface area (Å²) < 4.78 is 10.8. The molecule has 1 amide bonds. The number of anilines is 2. The first-order chi connectivity index (χ1) is 13.2. The fourth-order valence-electron chi connectivity index (χ4n) is 3.05. The molecule has 2 N–H and O–H groups in total. The van der Waals surface area contributed by atoms with Gasteiger partial charge in [0.25, 0.3) is 5.91 Å². The smallest absolute Gasteiger partial charge is 0.260 e. The minimum absolute atomic E-state index is 0.114. The van der Waals surface area contributed by atoms with Gasteiger partial charge in [-0.1, -0.05) is 6.07 Å². The van der Waals surface area contributed by atoms with E-state index in [0.29, 0.717) is 41.7 Å². The van der Waals surface area contributed by atoms with Crippen LogP contribution in [0, 0.1) is 0 Å². The van der Waals surface area contributed by atoms with Crippen LogP contribution in [0.5, 0.6) is 11.6 Å². The molecule has 3 aromatic rings. The zero-order valence-electron chi connectivity index (χ0n) is 14.8. The Balaban J connectivity index is 1.73. The normalized spacial score (nSPS) is 12.9. The number of fused-ring (bicyclic) bond motifs is 1. The lowest BCUT2D eigenvalue weighted by Crippen LogP contribution is -2.38. The number of hydrogen-bond donors (Lipinski definition) is 1. The summed E-state index contributed by atoms with van der Waals surface area (Å²) in [6.07, 6.45) is 4.90. The molecule has 27 heavy (non-hydrogen) atoms. The molecule has 1 aliphatic heterocycles. The van der Waals surface area contributed by atoms with E-state index in [1.165, 1.54) is 7.11 Å². The molecule has 0 atom stereocenters. The Bertz CT molecular complexity index is 992. The maximum Gasteiger partial charge on any atom is 0.260 e. The van der Waals surface area contributed by atoms with E-state index in [9.17, 15) is 4.79 Å². The largest absolute Gasteiger partial charge is 0.490 e. The van der Waals surface area contributed by atoms with Crippen molar-refractivity contribution in [1.82, 2.24) is 9.97 Å². The molecular weight excluding hydrogens is 344 g/mol. The van der Waals surface area contributed by atoms with E-state index in [2.05, 4.69) is 9.97 Å². The Hall–Kier alpha value is -3.61. The fourth-order valence-corrected chi connectivity index (χ4v) is 3.05. The minimum Gasteiger partial charge on any atom is -0.490 e. The molecular formula is C20H18N4O3. The number of carbonyl (C=O) groups is 1. The van der Waals surface area contributed by atoms with Crippen molar-refractivity contribution in [3.05, 3.63) is 60.6 Å². The van der Waals surface area contributed by atoms with Crippen molar-refractivity contribution < 1.29 is 14.3 Å². The molecule has 3 heterocycles. The average molecular weight is 362 g/mol. The molecule has 0 saturated carbocycles. The Labute approximate surface area is 156 Å². The topological polar surface area (TPSA) is 90.6 Å². The maximum atomic E-state index is 12.9. The van der Waals surface area contributed by atoms with Gasteiger partial charge in [-0.15, -0.1) is 0 Å². The molecule has 0 bridgehead atoms. The van der Waals surface area contributed by atoms with E-state index in [4.69, 9.17) is 15.2 Å². The summed E-state index contributed by atoms with van der Waals surface area (Å²) in [5.41, 5.74) is 9.38. The third-order valence-electron chi connectivity index (χ3n) is 4.38. The molecule has 0 saturated heterocycles. The van der Waals surface area contributed by atoms with Crippen LogP contribution in [0.4, 0.5) is 11.4 Å². The highest BCUT2D eigenvalue weighted by molar-refractivity contribution is 6.07. The van der Waals surface area contributed by atoms with Crippen molar-refractivity contribution in [2.45, 2.75) is 0 Å². The van der Waals surface area contributed by atoms with Crippen LogP contribution >= 0.6 is 0 Å². The monoisotopic (exact) mass is 362 g/mol. The number of nitrogens with two attached hydrogens (primary N) is 1. The highest BCUT2D eigenvalue weighted by Crippen LogP contribution is 2.37. The van der Waals surface area contributed by atoms with Gasteiger partial charge in [0.15, 0.2) is 0 Å². The number of benzene rings is 1. The zero-order valence-corrected chi connectivity index (χ0v) is 14.8. The van der Waals surface area contributed by atoms with Gasteiger partial charge < -0.3 is 20.1 Å². The highest BCUT2D eigenvalue weighted by atomic mass is 16.5. The van der Waals surface area contributed by atoms with E-state index >= 15 is 0 Å². The molecule has 136 valence electrons. The van der Waals surface area contributed by atoms with Crippen molar-refractivity contribution in [2.75, 3.05) is 30.9 Å². The molecule has 7 nitrogen and oxygen atoms in total. The number of nitrogens with zero attached hydrogens (tertiary/aromatic N) is 3. The number of aromatic nitrogens is 2. The Morgan fingerprint density at radius 2 is 2.11 bits per heavy atom. The van der Waals surface area contributed by atoms with E-state index in [-0.39, 0.29) is 5.91 Å². The molecule has 0 radical (unpaired) electrons.